The minimum absolute atomic E-state index is 0. The van der Waals surface area contributed by atoms with Crippen molar-refractivity contribution in [1.29, 1.82) is 0 Å². The van der Waals surface area contributed by atoms with Crippen LogP contribution < -0.4 is 24.0 Å². The summed E-state index contributed by atoms with van der Waals surface area (Å²) < 4.78 is 249. The number of carbonyl (C=O) groups is 1. The molecule has 1 fully saturated rings. The molecule has 1 amide bonds. The zero-order valence-corrected chi connectivity index (χ0v) is 74.3. The van der Waals surface area contributed by atoms with Crippen molar-refractivity contribution < 1.29 is 127 Å². The first-order chi connectivity index (χ1) is 56.6. The molecule has 1 saturated heterocycles. The van der Waals surface area contributed by atoms with Crippen LogP contribution in [0.15, 0.2) is 237 Å². The van der Waals surface area contributed by atoms with Gasteiger partial charge in [-0.1, -0.05) is 150 Å². The molecule has 665 valence electrons. The molecule has 5 N–H and O–H groups in total. The van der Waals surface area contributed by atoms with Crippen LogP contribution in [-0.4, -0.2) is 116 Å². The van der Waals surface area contributed by atoms with Crippen LogP contribution in [0.25, 0.3) is 43.4 Å². The number of nitrogens with one attached hydrogen (secondary N) is 2. The third-order valence-electron chi connectivity index (χ3n) is 17.4. The first-order valence-corrected chi connectivity index (χ1v) is 41.6. The SMILES string of the molecule is C.C.C.CC(C)(C)OC(=O)N1CC=C(B2OC(C)(C)C(C)(C)O2)CC1.Nc1ccncn1.O=S(=O)(Nc1ccncn1)c1ccc2c(-c3ccc(C(F)(F)F)cc3Cl)cccc2c1.O=S(=O)(Nc1ccncn1)c1ccc2c(Br)cccc2c1.O=S(=O)(Oc1c(F)c(F)c(F)c(F)c1F)c1ccc2c(Br)cccc2c1.O[B]Oc1ccc(C(F)(F)F)cc1Cl.[W]. The number of anilines is 3. The average molecular weight is 2140 g/mol. The van der Waals surface area contributed by atoms with Crippen LogP contribution in [0.1, 0.15) is 88.3 Å². The Morgan fingerprint density at radius 3 is 1.41 bits per heavy atom. The summed E-state index contributed by atoms with van der Waals surface area (Å²) in [7, 11) is -12.4. The van der Waals surface area contributed by atoms with Crippen LogP contribution in [-0.2, 0) is 77.6 Å². The number of nitrogen functional groups attached to an aromatic ring is 1. The van der Waals surface area contributed by atoms with Gasteiger partial charge in [0.25, 0.3) is 20.0 Å². The second kappa shape index (κ2) is 44.2. The standard InChI is InChI=1S/C21H13ClF3N3O2S.C16H28BNO4.C16H6BrF5O3S.C14H10BrN3O2S.C7H4BClF3O2.C4H5N3.3CH4.W/c22-19-11-14(21(23,24)25)4-6-18(19)17-3-1-2-13-10-15(5-7-16(13)17)31(29,30)28-20-8-9-26-12-27-20;1-14(2,3)20-13(19)18-10-8-12(9-11-18)17-21-15(4,5)16(6,7)22-17;17-10-3-1-2-7-6-8(4-5-9(7)10)26(23,24)25-16-14(21)12(19)11(18)13(20)15(16)22;15-13-3-1-2-10-8-11(4-5-12(10)13)21(19,20)18-14-6-7-16-9-17-14;9-5-3-4(7(10,11)12)1-2-6(5)14-8-13;5-4-1-2-6-3-7-4;;;;/h1-12H,(H,26,27,28);8H,9-11H2,1-7H3;1-6H;1-9H,(H,16,17,18);1-3,13H;1-3H,(H2,5,6,7);3*1H4;. The van der Waals surface area contributed by atoms with E-state index in [2.05, 4.69) is 80.0 Å². The fourth-order valence-corrected chi connectivity index (χ4v) is 15.4. The molecule has 12 aromatic rings. The normalized spacial score (nSPS) is 13.4. The molecular weight excluding hydrogens is 2060 g/mol. The maximum atomic E-state index is 13.6. The molecule has 23 nitrogen and oxygen atoms in total. The molecule has 0 aliphatic carbocycles. The summed E-state index contributed by atoms with van der Waals surface area (Å²) in [5.41, 5.74) is 4.48. The predicted octanol–water partition coefficient (Wildman–Crippen LogP) is 21.4. The van der Waals surface area contributed by atoms with E-state index in [4.69, 9.17) is 48.0 Å². The fourth-order valence-electron chi connectivity index (χ4n) is 10.8. The van der Waals surface area contributed by atoms with Gasteiger partial charge in [0, 0.05) is 72.3 Å². The van der Waals surface area contributed by atoms with E-state index in [9.17, 15) is 78.3 Å². The number of sulfonamides is 2. The van der Waals surface area contributed by atoms with Crippen molar-refractivity contribution in [2.24, 2.45) is 0 Å². The largest absolute Gasteiger partial charge is 0.569 e. The van der Waals surface area contributed by atoms with Crippen molar-refractivity contribution in [2.45, 2.75) is 121 Å². The quantitative estimate of drug-likeness (QED) is 0.0274. The number of rotatable bonds is 13. The average Bonchev–Trinajstić information content (AvgIpc) is 1.52. The summed E-state index contributed by atoms with van der Waals surface area (Å²) in [5.74, 6) is -12.9. The van der Waals surface area contributed by atoms with Gasteiger partial charge in [-0.2, -0.15) is 43.5 Å². The number of ether oxygens (including phenoxy) is 1. The van der Waals surface area contributed by atoms with E-state index in [1.807, 2.05) is 72.7 Å². The Labute approximate surface area is 756 Å². The summed E-state index contributed by atoms with van der Waals surface area (Å²) in [6.07, 6.45) is 1.97. The predicted molar refractivity (Wildman–Crippen MR) is 461 cm³/mol. The van der Waals surface area contributed by atoms with Gasteiger partial charge in [-0.3, -0.25) is 9.44 Å². The molecule has 0 saturated carbocycles. The molecule has 9 aromatic carbocycles. The van der Waals surface area contributed by atoms with Crippen molar-refractivity contribution in [3.8, 4) is 22.6 Å². The van der Waals surface area contributed by atoms with Crippen molar-refractivity contribution >= 4 is 156 Å². The third-order valence-corrected chi connectivity index (χ3v) is 23.4. The van der Waals surface area contributed by atoms with E-state index in [0.29, 0.717) is 63.7 Å². The minimum Gasteiger partial charge on any atom is -0.536 e. The molecule has 2 aliphatic heterocycles. The molecule has 2 aliphatic rings. The molecule has 0 bridgehead atoms. The molecule has 5 heterocycles. The van der Waals surface area contributed by atoms with Gasteiger partial charge in [-0.05, 0) is 195 Å². The van der Waals surface area contributed by atoms with Crippen molar-refractivity contribution in [2.75, 3.05) is 28.3 Å². The van der Waals surface area contributed by atoms with Gasteiger partial charge in [0.15, 0.2) is 0 Å². The van der Waals surface area contributed by atoms with E-state index in [1.165, 1.54) is 67.8 Å². The molecule has 0 unspecified atom stereocenters. The number of hydrogen-bond donors (Lipinski definition) is 4. The maximum Gasteiger partial charge on any atom is 0.569 e. The van der Waals surface area contributed by atoms with Gasteiger partial charge in [0.2, 0.25) is 34.8 Å². The van der Waals surface area contributed by atoms with Gasteiger partial charge in [-0.15, -0.1) is 0 Å². The number of benzene rings is 9. The number of aromatic nitrogens is 6. The van der Waals surface area contributed by atoms with Gasteiger partial charge >= 0.3 is 43.4 Å². The minimum atomic E-state index is -4.86. The van der Waals surface area contributed by atoms with E-state index in [1.54, 1.807) is 77.8 Å². The smallest absolute Gasteiger partial charge is 0.536 e. The maximum absolute atomic E-state index is 13.6. The zero-order valence-electron chi connectivity index (χ0n) is 64.3. The van der Waals surface area contributed by atoms with Crippen LogP contribution in [0.3, 0.4) is 0 Å². The molecule has 3 aromatic heterocycles. The Kier molecular flexibility index (Phi) is 37.4. The monoisotopic (exact) mass is 2140 g/mol. The van der Waals surface area contributed by atoms with E-state index in [0.717, 1.165) is 69.6 Å². The van der Waals surface area contributed by atoms with Crippen molar-refractivity contribution in [3.05, 3.63) is 272 Å². The Bertz CT molecular complexity index is 6130. The third kappa shape index (κ3) is 27.9. The molecule has 1 radical (unpaired) electrons. The first-order valence-electron chi connectivity index (χ1n) is 34.9. The molecule has 0 spiro atoms. The van der Waals surface area contributed by atoms with E-state index in [-0.39, 0.29) is 105 Å². The molecule has 44 heteroatoms. The van der Waals surface area contributed by atoms with Crippen LogP contribution in [0.5, 0.6) is 11.5 Å². The van der Waals surface area contributed by atoms with E-state index < -0.39 is 99.0 Å². The van der Waals surface area contributed by atoms with Crippen LogP contribution in [0.2, 0.25) is 10.0 Å². The number of nitrogens with two attached hydrogens (primary N) is 1. The number of fused-ring (bicyclic) bond motifs is 3. The van der Waals surface area contributed by atoms with Gasteiger partial charge in [0.1, 0.15) is 52.7 Å². The Balaban J connectivity index is 0.000000274. The van der Waals surface area contributed by atoms with Crippen molar-refractivity contribution in [3.63, 3.8) is 0 Å². The van der Waals surface area contributed by atoms with E-state index >= 15 is 0 Å². The van der Waals surface area contributed by atoms with Crippen LogP contribution >= 0.6 is 55.1 Å². The number of carbonyl (C=O) groups excluding carboxylic acids is 1. The fraction of sp³-hybridized carbons (Fsp3) is 0.222. The number of hydrogen-bond acceptors (Lipinski definition) is 20. The molecule has 14 rings (SSSR count). The first kappa shape index (κ1) is 106. The number of halogens is 15. The summed E-state index contributed by atoms with van der Waals surface area (Å²) in [5, 5.41) is 12.1. The number of alkyl halides is 6. The van der Waals surface area contributed by atoms with Crippen LogP contribution in [0, 0.1) is 29.1 Å². The summed E-state index contributed by atoms with van der Waals surface area (Å²) in [6, 6.07) is 38.9. The Hall–Kier alpha value is -9.67. The van der Waals surface area contributed by atoms with Gasteiger partial charge in [0.05, 0.1) is 37.1 Å². The zero-order chi connectivity index (χ0) is 89.0. The topological polar surface area (TPSA) is 317 Å². The summed E-state index contributed by atoms with van der Waals surface area (Å²) in [6.45, 7) is 15.0. The van der Waals surface area contributed by atoms with Gasteiger partial charge in [-0.25, -0.2) is 64.7 Å². The summed E-state index contributed by atoms with van der Waals surface area (Å²) in [4.78, 5) is 35.9. The summed E-state index contributed by atoms with van der Waals surface area (Å²) >= 11 is 18.3. The molecule has 125 heavy (non-hydrogen) atoms. The second-order valence-electron chi connectivity index (χ2n) is 27.5. The van der Waals surface area contributed by atoms with Gasteiger partial charge < -0.3 is 38.5 Å². The number of amides is 1. The molecule has 0 atom stereocenters. The van der Waals surface area contributed by atoms with Crippen molar-refractivity contribution in [1.82, 2.24) is 34.8 Å². The Morgan fingerprint density at radius 2 is 1.00 bits per heavy atom. The van der Waals surface area contributed by atoms with Crippen LogP contribution in [0.4, 0.5) is 70.5 Å². The second-order valence-corrected chi connectivity index (χ2v) is 34.9. The Morgan fingerprint density at radius 1 is 0.568 bits per heavy atom. The number of nitrogens with zero attached hydrogens (tertiary/aromatic N) is 7. The molecular formula is C81H78B2Br2Cl2F11N10O13S3W.